The van der Waals surface area contributed by atoms with E-state index in [0.29, 0.717) is 16.3 Å². The minimum absolute atomic E-state index is 0.0273. The van der Waals surface area contributed by atoms with Gasteiger partial charge in [-0.05, 0) is 18.2 Å². The van der Waals surface area contributed by atoms with E-state index in [-0.39, 0.29) is 18.4 Å². The molecule has 1 aromatic heterocycles. The number of nitrogens with one attached hydrogen (secondary N) is 1. The second-order valence-corrected chi connectivity index (χ2v) is 4.06. The molecular formula is C11H9ClN6O. The van der Waals surface area contributed by atoms with Crippen molar-refractivity contribution in [2.45, 2.75) is 6.54 Å². The number of rotatable bonds is 3. The van der Waals surface area contributed by atoms with Gasteiger partial charge in [0, 0.05) is 0 Å². The summed E-state index contributed by atoms with van der Waals surface area (Å²) < 4.78 is 1.31. The van der Waals surface area contributed by atoms with E-state index in [1.807, 2.05) is 6.07 Å². The van der Waals surface area contributed by atoms with Crippen LogP contribution in [-0.4, -0.2) is 20.7 Å². The molecule has 3 N–H and O–H groups in total. The number of hydrogen-bond acceptors (Lipinski definition) is 5. The van der Waals surface area contributed by atoms with Crippen LogP contribution in [0.3, 0.4) is 0 Å². The number of nitrogens with two attached hydrogens (primary N) is 1. The number of carbonyl (C=O) groups is 1. The van der Waals surface area contributed by atoms with Crippen molar-refractivity contribution in [1.82, 2.24) is 14.8 Å². The molecule has 2 rings (SSSR count). The van der Waals surface area contributed by atoms with E-state index in [1.54, 1.807) is 12.1 Å². The topological polar surface area (TPSA) is 110 Å². The van der Waals surface area contributed by atoms with Gasteiger partial charge in [0.15, 0.2) is 0 Å². The number of nitrogen functional groups attached to an aromatic ring is 1. The molecule has 0 spiro atoms. The lowest BCUT2D eigenvalue weighted by atomic mass is 10.2. The normalized spacial score (nSPS) is 9.89. The van der Waals surface area contributed by atoms with Gasteiger partial charge in [0.25, 0.3) is 0 Å². The molecular weight excluding hydrogens is 268 g/mol. The summed E-state index contributed by atoms with van der Waals surface area (Å²) in [4.78, 5) is 15.4. The summed E-state index contributed by atoms with van der Waals surface area (Å²) in [5.41, 5.74) is 6.19. The number of benzene rings is 1. The summed E-state index contributed by atoms with van der Waals surface area (Å²) >= 11 is 5.94. The van der Waals surface area contributed by atoms with E-state index in [9.17, 15) is 4.79 Å². The summed E-state index contributed by atoms with van der Waals surface area (Å²) in [6, 6.07) is 6.56. The predicted octanol–water partition coefficient (Wildman–Crippen LogP) is 1.02. The summed E-state index contributed by atoms with van der Waals surface area (Å²) in [7, 11) is 0. The molecule has 0 aliphatic carbocycles. The number of aromatic nitrogens is 3. The van der Waals surface area contributed by atoms with Crippen molar-refractivity contribution in [3.05, 3.63) is 35.1 Å². The second-order valence-electron chi connectivity index (χ2n) is 3.65. The van der Waals surface area contributed by atoms with Crippen molar-refractivity contribution in [3.8, 4) is 6.07 Å². The van der Waals surface area contributed by atoms with Gasteiger partial charge in [-0.2, -0.15) is 5.26 Å². The minimum Gasteiger partial charge on any atom is -0.367 e. The molecule has 1 heterocycles. The quantitative estimate of drug-likeness (QED) is 0.870. The maximum absolute atomic E-state index is 11.7. The fourth-order valence-corrected chi connectivity index (χ4v) is 1.64. The Bertz CT molecular complexity index is 659. The number of carbonyl (C=O) groups excluding carboxylic acids is 1. The standard InChI is InChI=1S/C11H9ClN6O/c12-8-3-7(4-13)1-2-9(8)16-10(19)5-18-6-15-11(14)17-18/h1-3,6H,5H2,(H2,14,17)(H,16,19). The van der Waals surface area contributed by atoms with Gasteiger partial charge in [-0.15, -0.1) is 5.10 Å². The van der Waals surface area contributed by atoms with Gasteiger partial charge in [-0.25, -0.2) is 9.67 Å². The van der Waals surface area contributed by atoms with E-state index in [1.165, 1.54) is 17.1 Å². The Balaban J connectivity index is 2.05. The maximum atomic E-state index is 11.7. The van der Waals surface area contributed by atoms with Gasteiger partial charge < -0.3 is 11.1 Å². The fourth-order valence-electron chi connectivity index (χ4n) is 1.41. The molecule has 0 saturated carbocycles. The van der Waals surface area contributed by atoms with Crippen molar-refractivity contribution in [1.29, 1.82) is 5.26 Å². The third kappa shape index (κ3) is 3.20. The molecule has 7 nitrogen and oxygen atoms in total. The van der Waals surface area contributed by atoms with E-state index in [4.69, 9.17) is 22.6 Å². The average Bonchev–Trinajstić information content (AvgIpc) is 2.77. The highest BCUT2D eigenvalue weighted by Crippen LogP contribution is 2.22. The molecule has 0 saturated heterocycles. The van der Waals surface area contributed by atoms with Crippen LogP contribution in [0.25, 0.3) is 0 Å². The molecule has 0 aliphatic heterocycles. The summed E-state index contributed by atoms with van der Waals surface area (Å²) in [6.07, 6.45) is 1.36. The monoisotopic (exact) mass is 276 g/mol. The third-order valence-corrected chi connectivity index (χ3v) is 2.54. The van der Waals surface area contributed by atoms with E-state index < -0.39 is 0 Å². The Morgan fingerprint density at radius 3 is 2.95 bits per heavy atom. The zero-order valence-electron chi connectivity index (χ0n) is 9.67. The SMILES string of the molecule is N#Cc1ccc(NC(=O)Cn2cnc(N)n2)c(Cl)c1. The van der Waals surface area contributed by atoms with Crippen molar-refractivity contribution >= 4 is 29.1 Å². The van der Waals surface area contributed by atoms with Crippen molar-refractivity contribution in [2.75, 3.05) is 11.1 Å². The highest BCUT2D eigenvalue weighted by Gasteiger charge is 2.08. The Morgan fingerprint density at radius 2 is 2.37 bits per heavy atom. The van der Waals surface area contributed by atoms with E-state index >= 15 is 0 Å². The molecule has 19 heavy (non-hydrogen) atoms. The van der Waals surface area contributed by atoms with Crippen LogP contribution in [0.15, 0.2) is 24.5 Å². The molecule has 0 fully saturated rings. The largest absolute Gasteiger partial charge is 0.367 e. The van der Waals surface area contributed by atoms with Crippen LogP contribution in [0.5, 0.6) is 0 Å². The molecule has 0 aliphatic rings. The number of nitriles is 1. The molecule has 8 heteroatoms. The zero-order chi connectivity index (χ0) is 13.8. The van der Waals surface area contributed by atoms with E-state index in [0.717, 1.165) is 0 Å². The smallest absolute Gasteiger partial charge is 0.246 e. The van der Waals surface area contributed by atoms with Crippen molar-refractivity contribution < 1.29 is 4.79 Å². The van der Waals surface area contributed by atoms with Gasteiger partial charge >= 0.3 is 0 Å². The van der Waals surface area contributed by atoms with Crippen molar-refractivity contribution in [3.63, 3.8) is 0 Å². The molecule has 0 atom stereocenters. The predicted molar refractivity (Wildman–Crippen MR) is 69.2 cm³/mol. The molecule has 2 aromatic rings. The first-order valence-electron chi connectivity index (χ1n) is 5.23. The molecule has 0 unspecified atom stereocenters. The van der Waals surface area contributed by atoms with Gasteiger partial charge in [0.2, 0.25) is 11.9 Å². The van der Waals surface area contributed by atoms with Crippen LogP contribution in [0.1, 0.15) is 5.56 Å². The van der Waals surface area contributed by atoms with Crippen LogP contribution in [-0.2, 0) is 11.3 Å². The Kier molecular flexibility index (Phi) is 3.63. The number of amides is 1. The number of halogens is 1. The molecule has 0 bridgehead atoms. The summed E-state index contributed by atoms with van der Waals surface area (Å²) in [6.45, 7) is -0.0273. The average molecular weight is 277 g/mol. The van der Waals surface area contributed by atoms with Crippen molar-refractivity contribution in [2.24, 2.45) is 0 Å². The fraction of sp³-hybridized carbons (Fsp3) is 0.0909. The van der Waals surface area contributed by atoms with Crippen LogP contribution in [0, 0.1) is 11.3 Å². The first kappa shape index (κ1) is 12.9. The zero-order valence-corrected chi connectivity index (χ0v) is 10.4. The first-order valence-corrected chi connectivity index (χ1v) is 5.60. The molecule has 0 radical (unpaired) electrons. The van der Waals surface area contributed by atoms with Gasteiger partial charge in [-0.1, -0.05) is 11.6 Å². The lowest BCUT2D eigenvalue weighted by Crippen LogP contribution is -2.19. The van der Waals surface area contributed by atoms with E-state index in [2.05, 4.69) is 15.4 Å². The Labute approximate surface area is 113 Å². The van der Waals surface area contributed by atoms with Crippen LogP contribution in [0.4, 0.5) is 11.6 Å². The molecule has 1 amide bonds. The minimum atomic E-state index is -0.323. The molecule has 96 valence electrons. The highest BCUT2D eigenvalue weighted by atomic mass is 35.5. The van der Waals surface area contributed by atoms with Gasteiger partial charge in [-0.3, -0.25) is 4.79 Å². The first-order chi connectivity index (χ1) is 9.08. The lowest BCUT2D eigenvalue weighted by molar-refractivity contribution is -0.116. The van der Waals surface area contributed by atoms with Crippen LogP contribution in [0.2, 0.25) is 5.02 Å². The third-order valence-electron chi connectivity index (χ3n) is 2.23. The summed E-state index contributed by atoms with van der Waals surface area (Å²) in [5, 5.41) is 15.4. The van der Waals surface area contributed by atoms with Gasteiger partial charge in [0.1, 0.15) is 12.9 Å². The Morgan fingerprint density at radius 1 is 1.58 bits per heavy atom. The highest BCUT2D eigenvalue weighted by molar-refractivity contribution is 6.33. The number of nitrogens with zero attached hydrogens (tertiary/aromatic N) is 4. The lowest BCUT2D eigenvalue weighted by Gasteiger charge is -2.07. The van der Waals surface area contributed by atoms with Gasteiger partial charge in [0.05, 0.1) is 22.3 Å². The number of hydrogen-bond donors (Lipinski definition) is 2. The second kappa shape index (κ2) is 5.37. The molecule has 1 aromatic carbocycles. The maximum Gasteiger partial charge on any atom is 0.246 e. The summed E-state index contributed by atoms with van der Waals surface area (Å²) in [5.74, 6) is -0.222. The van der Waals surface area contributed by atoms with Crippen LogP contribution < -0.4 is 11.1 Å². The van der Waals surface area contributed by atoms with Crippen LogP contribution >= 0.6 is 11.6 Å². The Hall–Kier alpha value is -2.59. The number of anilines is 2.